The Labute approximate surface area is 190 Å². The van der Waals surface area contributed by atoms with Crippen LogP contribution in [0.3, 0.4) is 0 Å². The highest BCUT2D eigenvalue weighted by Gasteiger charge is 2.14. The Morgan fingerprint density at radius 1 is 1.13 bits per heavy atom. The van der Waals surface area contributed by atoms with Gasteiger partial charge >= 0.3 is 0 Å². The van der Waals surface area contributed by atoms with Crippen molar-refractivity contribution < 1.29 is 14.3 Å². The number of hydrogen-bond donors (Lipinski definition) is 0. The third kappa shape index (κ3) is 7.10. The highest BCUT2D eigenvalue weighted by atomic mass is 32.1. The molecule has 0 fully saturated rings. The number of nitrogens with zero attached hydrogens (tertiary/aromatic N) is 1. The molecule has 5 heteroatoms. The second-order valence-corrected chi connectivity index (χ2v) is 8.44. The summed E-state index contributed by atoms with van der Waals surface area (Å²) in [5.74, 6) is 0.0749. The van der Waals surface area contributed by atoms with E-state index in [0.29, 0.717) is 6.61 Å². The van der Waals surface area contributed by atoms with Gasteiger partial charge in [0, 0.05) is 25.5 Å². The number of aryl methyl sites for hydroxylation is 2. The topological polar surface area (TPSA) is 48.4 Å². The van der Waals surface area contributed by atoms with Crippen LogP contribution in [0.25, 0.3) is 11.1 Å². The first-order valence-corrected chi connectivity index (χ1v) is 11.5. The number of aromatic nitrogens is 1. The van der Waals surface area contributed by atoms with E-state index in [1.807, 2.05) is 37.4 Å². The van der Waals surface area contributed by atoms with Gasteiger partial charge in [0.25, 0.3) is 0 Å². The monoisotopic (exact) mass is 439 g/mol. The van der Waals surface area contributed by atoms with Gasteiger partial charge in [-0.25, -0.2) is 4.98 Å². The number of rotatable bonds is 8. The molecule has 0 aliphatic rings. The number of thiazole rings is 1. The van der Waals surface area contributed by atoms with Gasteiger partial charge in [-0.2, -0.15) is 0 Å². The SMILES string of the molecule is CCOC.CCc1ncc(C(C)OCc2ccc(C(C)=O)c(-c3ccccc3C)c2)s1. The summed E-state index contributed by atoms with van der Waals surface area (Å²) in [6.07, 6.45) is 2.85. The fourth-order valence-corrected chi connectivity index (χ4v) is 3.93. The van der Waals surface area contributed by atoms with E-state index in [1.54, 1.807) is 25.4 Å². The van der Waals surface area contributed by atoms with Crippen LogP contribution in [0.1, 0.15) is 65.2 Å². The quantitative estimate of drug-likeness (QED) is 0.362. The van der Waals surface area contributed by atoms with Crippen molar-refractivity contribution in [2.75, 3.05) is 13.7 Å². The lowest BCUT2D eigenvalue weighted by atomic mass is 9.93. The number of methoxy groups -OCH3 is 1. The lowest BCUT2D eigenvalue weighted by Crippen LogP contribution is -2.02. The Hall–Kier alpha value is -2.34. The van der Waals surface area contributed by atoms with Crippen molar-refractivity contribution in [3.63, 3.8) is 0 Å². The predicted molar refractivity (Wildman–Crippen MR) is 129 cm³/mol. The van der Waals surface area contributed by atoms with Crippen LogP contribution < -0.4 is 0 Å². The molecule has 0 spiro atoms. The maximum absolute atomic E-state index is 12.1. The van der Waals surface area contributed by atoms with Gasteiger partial charge in [0.1, 0.15) is 0 Å². The molecule has 0 N–H and O–H groups in total. The van der Waals surface area contributed by atoms with Crippen LogP contribution in [-0.4, -0.2) is 24.5 Å². The summed E-state index contributed by atoms with van der Waals surface area (Å²) in [6.45, 7) is 11.1. The van der Waals surface area contributed by atoms with Crippen LogP contribution in [0.2, 0.25) is 0 Å². The lowest BCUT2D eigenvalue weighted by molar-refractivity contribution is 0.0547. The standard InChI is InChI=1S/C23H25NO2S.C3H8O/c1-5-23-24-13-22(27-23)17(4)26-14-18-10-11-20(16(3)25)21(12-18)19-9-7-6-8-15(19)2;1-3-4-2/h6-13,17H,5,14H2,1-4H3;3H2,1-2H3. The molecule has 1 aromatic heterocycles. The molecule has 0 saturated heterocycles. The second kappa shape index (κ2) is 12.5. The minimum absolute atomic E-state index is 0.00260. The summed E-state index contributed by atoms with van der Waals surface area (Å²) in [5, 5.41) is 1.13. The summed E-state index contributed by atoms with van der Waals surface area (Å²) < 4.78 is 10.6. The van der Waals surface area contributed by atoms with E-state index in [4.69, 9.17) is 4.74 Å². The number of carbonyl (C=O) groups is 1. The van der Waals surface area contributed by atoms with E-state index in [1.165, 1.54) is 0 Å². The maximum atomic E-state index is 12.1. The minimum Gasteiger partial charge on any atom is -0.385 e. The van der Waals surface area contributed by atoms with Gasteiger partial charge in [-0.15, -0.1) is 11.3 Å². The van der Waals surface area contributed by atoms with E-state index >= 15 is 0 Å². The lowest BCUT2D eigenvalue weighted by Gasteiger charge is -2.15. The fourth-order valence-electron chi connectivity index (χ4n) is 3.07. The van der Waals surface area contributed by atoms with Gasteiger partial charge in [0.15, 0.2) is 5.78 Å². The van der Waals surface area contributed by atoms with Crippen molar-refractivity contribution in [2.24, 2.45) is 0 Å². The van der Waals surface area contributed by atoms with Gasteiger partial charge in [0.2, 0.25) is 0 Å². The van der Waals surface area contributed by atoms with Crippen LogP contribution in [0.4, 0.5) is 0 Å². The molecule has 166 valence electrons. The van der Waals surface area contributed by atoms with Crippen molar-refractivity contribution >= 4 is 17.1 Å². The normalized spacial score (nSPS) is 11.5. The second-order valence-electron chi connectivity index (χ2n) is 7.29. The van der Waals surface area contributed by atoms with E-state index in [-0.39, 0.29) is 11.9 Å². The molecule has 2 aromatic carbocycles. The summed E-state index contributed by atoms with van der Waals surface area (Å²) in [5.41, 5.74) is 5.03. The van der Waals surface area contributed by atoms with Crippen molar-refractivity contribution in [1.29, 1.82) is 0 Å². The van der Waals surface area contributed by atoms with Crippen molar-refractivity contribution in [2.45, 2.75) is 53.8 Å². The number of carbonyl (C=O) groups excluding carboxylic acids is 1. The van der Waals surface area contributed by atoms with Crippen molar-refractivity contribution in [3.05, 3.63) is 75.2 Å². The molecule has 3 aromatic rings. The first-order valence-electron chi connectivity index (χ1n) is 10.7. The van der Waals surface area contributed by atoms with Gasteiger partial charge in [0.05, 0.1) is 22.6 Å². The smallest absolute Gasteiger partial charge is 0.160 e. The Morgan fingerprint density at radius 3 is 2.42 bits per heavy atom. The van der Waals surface area contributed by atoms with Gasteiger partial charge in [-0.3, -0.25) is 4.79 Å². The molecule has 0 aliphatic heterocycles. The zero-order valence-electron chi connectivity index (χ0n) is 19.4. The zero-order chi connectivity index (χ0) is 22.8. The highest BCUT2D eigenvalue weighted by molar-refractivity contribution is 7.11. The van der Waals surface area contributed by atoms with Crippen molar-refractivity contribution in [3.8, 4) is 11.1 Å². The molecule has 0 bridgehead atoms. The number of benzene rings is 2. The summed E-state index contributed by atoms with van der Waals surface area (Å²) in [7, 11) is 1.68. The van der Waals surface area contributed by atoms with Crippen LogP contribution >= 0.6 is 11.3 Å². The van der Waals surface area contributed by atoms with E-state index in [9.17, 15) is 4.79 Å². The molecule has 3 rings (SSSR count). The van der Waals surface area contributed by atoms with Gasteiger partial charge in [-0.1, -0.05) is 43.3 Å². The number of hydrogen-bond acceptors (Lipinski definition) is 5. The van der Waals surface area contributed by atoms with Crippen LogP contribution in [0.5, 0.6) is 0 Å². The summed E-state index contributed by atoms with van der Waals surface area (Å²) >= 11 is 1.70. The molecule has 1 atom stereocenters. The minimum atomic E-state index is -0.00260. The van der Waals surface area contributed by atoms with E-state index < -0.39 is 0 Å². The van der Waals surface area contributed by atoms with Gasteiger partial charge in [-0.05, 0) is 62.4 Å². The first-order chi connectivity index (χ1) is 14.9. The molecule has 0 aliphatic carbocycles. The van der Waals surface area contributed by atoms with E-state index in [2.05, 4.69) is 48.7 Å². The Kier molecular flexibility index (Phi) is 10.0. The Bertz CT molecular complexity index is 978. The molecule has 1 unspecified atom stereocenters. The molecule has 31 heavy (non-hydrogen) atoms. The molecule has 1 heterocycles. The summed E-state index contributed by atoms with van der Waals surface area (Å²) in [6, 6.07) is 14.1. The average molecular weight is 440 g/mol. The number of ketones is 1. The Morgan fingerprint density at radius 2 is 1.84 bits per heavy atom. The molecular formula is C26H33NO3S. The number of Topliss-reactive ketones (excluding diaryl/α,β-unsaturated/α-hetero) is 1. The third-order valence-corrected chi connectivity index (χ3v) is 6.26. The molecule has 0 radical (unpaired) electrons. The predicted octanol–water partition coefficient (Wildman–Crippen LogP) is 6.81. The highest BCUT2D eigenvalue weighted by Crippen LogP contribution is 2.30. The summed E-state index contributed by atoms with van der Waals surface area (Å²) in [4.78, 5) is 17.7. The van der Waals surface area contributed by atoms with E-state index in [0.717, 1.165) is 50.7 Å². The fraction of sp³-hybridized carbons (Fsp3) is 0.385. The zero-order valence-corrected chi connectivity index (χ0v) is 20.2. The third-order valence-electron chi connectivity index (χ3n) is 4.96. The average Bonchev–Trinajstić information content (AvgIpc) is 3.27. The van der Waals surface area contributed by atoms with Crippen LogP contribution in [-0.2, 0) is 22.5 Å². The Balaban J connectivity index is 0.000000785. The van der Waals surface area contributed by atoms with Crippen molar-refractivity contribution in [1.82, 2.24) is 4.98 Å². The van der Waals surface area contributed by atoms with Crippen LogP contribution in [0.15, 0.2) is 48.7 Å². The number of ether oxygens (including phenoxy) is 2. The van der Waals surface area contributed by atoms with Crippen LogP contribution in [0, 0.1) is 6.92 Å². The maximum Gasteiger partial charge on any atom is 0.160 e. The molecular weight excluding hydrogens is 406 g/mol. The first kappa shape index (κ1) is 24.9. The largest absolute Gasteiger partial charge is 0.385 e. The molecule has 4 nitrogen and oxygen atoms in total. The molecule has 0 amide bonds. The van der Waals surface area contributed by atoms with Gasteiger partial charge < -0.3 is 9.47 Å². The molecule has 0 saturated carbocycles.